The zero-order valence-corrected chi connectivity index (χ0v) is 9.90. The van der Waals surface area contributed by atoms with Crippen molar-refractivity contribution in [2.45, 2.75) is 18.9 Å². The van der Waals surface area contributed by atoms with Gasteiger partial charge < -0.3 is 25.8 Å². The molecule has 0 aromatic heterocycles. The van der Waals surface area contributed by atoms with E-state index in [-0.39, 0.29) is 19.1 Å². The predicted octanol–water partition coefficient (Wildman–Crippen LogP) is -1.33. The van der Waals surface area contributed by atoms with Gasteiger partial charge in [-0.3, -0.25) is 4.79 Å². The number of rotatable bonds is 6. The van der Waals surface area contributed by atoms with E-state index in [1.54, 1.807) is 0 Å². The Morgan fingerprint density at radius 3 is 2.94 bits per heavy atom. The fourth-order valence-corrected chi connectivity index (χ4v) is 1.52. The average molecular weight is 259 g/mol. The lowest BCUT2D eigenvalue weighted by Gasteiger charge is -2.22. The first-order valence-electron chi connectivity index (χ1n) is 5.71. The number of carboxylic acids is 1. The lowest BCUT2D eigenvalue weighted by atomic mass is 10.1. The first-order chi connectivity index (χ1) is 8.59. The van der Waals surface area contributed by atoms with Gasteiger partial charge in [-0.1, -0.05) is 0 Å². The number of hydrogen-bond acceptors (Lipinski definition) is 4. The fourth-order valence-electron chi connectivity index (χ4n) is 1.52. The Hall–Kier alpha value is -1.83. The number of carbonyl (C=O) groups excluding carboxylic acids is 2. The quantitative estimate of drug-likeness (QED) is 0.441. The molecular formula is C10H17N3O5. The molecule has 0 aliphatic carbocycles. The van der Waals surface area contributed by atoms with E-state index in [0.717, 1.165) is 6.42 Å². The van der Waals surface area contributed by atoms with Crippen molar-refractivity contribution in [1.29, 1.82) is 0 Å². The van der Waals surface area contributed by atoms with E-state index < -0.39 is 24.6 Å². The van der Waals surface area contributed by atoms with Crippen LogP contribution < -0.4 is 16.0 Å². The van der Waals surface area contributed by atoms with Crippen molar-refractivity contribution in [3.8, 4) is 0 Å². The maximum Gasteiger partial charge on any atom is 0.329 e. The molecule has 3 amide bonds. The Labute approximate surface area is 104 Å². The van der Waals surface area contributed by atoms with Crippen LogP contribution in [0.5, 0.6) is 0 Å². The second-order valence-electron chi connectivity index (χ2n) is 3.83. The molecular weight excluding hydrogens is 242 g/mol. The number of piperidine rings is 1. The highest BCUT2D eigenvalue weighted by atomic mass is 16.5. The minimum atomic E-state index is -1.06. The lowest BCUT2D eigenvalue weighted by Crippen LogP contribution is -2.53. The van der Waals surface area contributed by atoms with E-state index in [2.05, 4.69) is 16.0 Å². The van der Waals surface area contributed by atoms with E-state index in [9.17, 15) is 14.4 Å². The van der Waals surface area contributed by atoms with Crippen LogP contribution in [0.4, 0.5) is 4.79 Å². The first-order valence-corrected chi connectivity index (χ1v) is 5.71. The number of carboxylic acid groups (broad SMARTS) is 1. The normalized spacial score (nSPS) is 18.9. The van der Waals surface area contributed by atoms with Crippen molar-refractivity contribution < 1.29 is 24.2 Å². The summed E-state index contributed by atoms with van der Waals surface area (Å²) in [5.74, 6) is -1.24. The van der Waals surface area contributed by atoms with Gasteiger partial charge in [0.1, 0.15) is 12.6 Å². The Balaban J connectivity index is 2.09. The molecule has 0 aromatic rings. The highest BCUT2D eigenvalue weighted by Gasteiger charge is 2.23. The molecule has 8 heteroatoms. The standard InChI is InChI=1S/C10H17N3O5/c14-8(15)6-18-5-4-12-10(17)13-7-2-1-3-11-9(7)16/h7H,1-6H2,(H,11,16)(H,14,15)(H2,12,13,17). The number of hydrogen-bond donors (Lipinski definition) is 4. The molecule has 4 N–H and O–H groups in total. The number of carbonyl (C=O) groups is 3. The maximum atomic E-state index is 11.4. The van der Waals surface area contributed by atoms with Gasteiger partial charge in [0.2, 0.25) is 5.91 Å². The van der Waals surface area contributed by atoms with Gasteiger partial charge in [0.25, 0.3) is 0 Å². The molecule has 1 aliphatic rings. The zero-order chi connectivity index (χ0) is 13.4. The van der Waals surface area contributed by atoms with Crippen molar-refractivity contribution in [3.05, 3.63) is 0 Å². The summed E-state index contributed by atoms with van der Waals surface area (Å²) in [6.45, 7) is 0.542. The van der Waals surface area contributed by atoms with Gasteiger partial charge in [-0.05, 0) is 12.8 Å². The maximum absolute atomic E-state index is 11.4. The second kappa shape index (κ2) is 7.49. The Morgan fingerprint density at radius 2 is 2.28 bits per heavy atom. The van der Waals surface area contributed by atoms with Gasteiger partial charge in [0, 0.05) is 13.1 Å². The summed E-state index contributed by atoms with van der Waals surface area (Å²) in [6, 6.07) is -0.963. The minimum Gasteiger partial charge on any atom is -0.480 e. The largest absolute Gasteiger partial charge is 0.480 e. The third kappa shape index (κ3) is 5.48. The van der Waals surface area contributed by atoms with Crippen molar-refractivity contribution in [2.24, 2.45) is 0 Å². The van der Waals surface area contributed by atoms with Crippen LogP contribution in [-0.4, -0.2) is 55.4 Å². The van der Waals surface area contributed by atoms with Crippen LogP contribution in [0.25, 0.3) is 0 Å². The number of nitrogens with one attached hydrogen (secondary N) is 3. The monoisotopic (exact) mass is 259 g/mol. The number of aliphatic carboxylic acids is 1. The van der Waals surface area contributed by atoms with E-state index in [1.165, 1.54) is 0 Å². The minimum absolute atomic E-state index is 0.108. The second-order valence-corrected chi connectivity index (χ2v) is 3.83. The molecule has 18 heavy (non-hydrogen) atoms. The molecule has 1 unspecified atom stereocenters. The molecule has 1 fully saturated rings. The van der Waals surface area contributed by atoms with Gasteiger partial charge in [0.05, 0.1) is 6.61 Å². The van der Waals surface area contributed by atoms with E-state index in [1.807, 2.05) is 0 Å². The molecule has 1 heterocycles. The Bertz CT molecular complexity index is 321. The molecule has 0 saturated carbocycles. The average Bonchev–Trinajstić information content (AvgIpc) is 2.31. The number of ether oxygens (including phenoxy) is 1. The summed E-state index contributed by atoms with van der Waals surface area (Å²) in [5.41, 5.74) is 0. The summed E-state index contributed by atoms with van der Waals surface area (Å²) in [5, 5.41) is 16.0. The molecule has 1 saturated heterocycles. The summed E-state index contributed by atoms with van der Waals surface area (Å²) in [6.07, 6.45) is 1.45. The highest BCUT2D eigenvalue weighted by Crippen LogP contribution is 2.02. The fraction of sp³-hybridized carbons (Fsp3) is 0.700. The zero-order valence-electron chi connectivity index (χ0n) is 9.90. The molecule has 0 bridgehead atoms. The Morgan fingerprint density at radius 1 is 1.50 bits per heavy atom. The third-order valence-corrected chi connectivity index (χ3v) is 2.35. The van der Waals surface area contributed by atoms with Gasteiger partial charge in [-0.25, -0.2) is 9.59 Å². The Kier molecular flexibility index (Phi) is 5.92. The van der Waals surface area contributed by atoms with Crippen LogP contribution in [0.2, 0.25) is 0 Å². The van der Waals surface area contributed by atoms with Crippen molar-refractivity contribution >= 4 is 17.9 Å². The topological polar surface area (TPSA) is 117 Å². The van der Waals surface area contributed by atoms with Gasteiger partial charge >= 0.3 is 12.0 Å². The molecule has 1 rings (SSSR count). The summed E-state index contributed by atoms with van der Waals surface area (Å²) < 4.78 is 4.74. The van der Waals surface area contributed by atoms with Crippen LogP contribution in [0.15, 0.2) is 0 Å². The van der Waals surface area contributed by atoms with Crippen molar-refractivity contribution in [2.75, 3.05) is 26.3 Å². The smallest absolute Gasteiger partial charge is 0.329 e. The van der Waals surface area contributed by atoms with Gasteiger partial charge in [-0.15, -0.1) is 0 Å². The molecule has 8 nitrogen and oxygen atoms in total. The molecule has 1 atom stereocenters. The van der Waals surface area contributed by atoms with Crippen LogP contribution in [0, 0.1) is 0 Å². The highest BCUT2D eigenvalue weighted by molar-refractivity contribution is 5.87. The molecule has 0 spiro atoms. The molecule has 1 aliphatic heterocycles. The number of urea groups is 1. The lowest BCUT2D eigenvalue weighted by molar-refractivity contribution is -0.142. The molecule has 0 aromatic carbocycles. The summed E-state index contributed by atoms with van der Waals surface area (Å²) >= 11 is 0. The third-order valence-electron chi connectivity index (χ3n) is 2.35. The van der Waals surface area contributed by atoms with Gasteiger partial charge in [-0.2, -0.15) is 0 Å². The van der Waals surface area contributed by atoms with Crippen LogP contribution in [-0.2, 0) is 14.3 Å². The van der Waals surface area contributed by atoms with Gasteiger partial charge in [0.15, 0.2) is 0 Å². The van der Waals surface area contributed by atoms with Crippen molar-refractivity contribution in [1.82, 2.24) is 16.0 Å². The molecule has 102 valence electrons. The summed E-state index contributed by atoms with van der Waals surface area (Å²) in [7, 11) is 0. The first kappa shape index (κ1) is 14.2. The van der Waals surface area contributed by atoms with Crippen LogP contribution in [0.3, 0.4) is 0 Å². The van der Waals surface area contributed by atoms with Crippen molar-refractivity contribution in [3.63, 3.8) is 0 Å². The van der Waals surface area contributed by atoms with E-state index >= 15 is 0 Å². The predicted molar refractivity (Wildman–Crippen MR) is 61.0 cm³/mol. The molecule has 0 radical (unpaired) electrons. The summed E-state index contributed by atoms with van der Waals surface area (Å²) in [4.78, 5) is 32.8. The number of amides is 3. The van der Waals surface area contributed by atoms with Crippen LogP contribution in [0.1, 0.15) is 12.8 Å². The van der Waals surface area contributed by atoms with E-state index in [0.29, 0.717) is 13.0 Å². The SMILES string of the molecule is O=C(O)COCCNC(=O)NC1CCCNC1=O. The van der Waals surface area contributed by atoms with Crippen LogP contribution >= 0.6 is 0 Å². The van der Waals surface area contributed by atoms with E-state index in [4.69, 9.17) is 9.84 Å².